The van der Waals surface area contributed by atoms with Gasteiger partial charge in [-0.15, -0.1) is 0 Å². The third-order valence-corrected chi connectivity index (χ3v) is 3.34. The van der Waals surface area contributed by atoms with Crippen LogP contribution in [0.5, 0.6) is 0 Å². The normalized spacial score (nSPS) is 24.1. The van der Waals surface area contributed by atoms with Gasteiger partial charge in [0.15, 0.2) is 5.69 Å². The fourth-order valence-electron chi connectivity index (χ4n) is 2.52. The van der Waals surface area contributed by atoms with Gasteiger partial charge in [0.2, 0.25) is 0 Å². The molecular formula is C12H18F3N3. The molecule has 6 heteroatoms. The maximum Gasteiger partial charge on any atom is 0.435 e. The zero-order valence-corrected chi connectivity index (χ0v) is 10.8. The van der Waals surface area contributed by atoms with E-state index in [1.54, 1.807) is 4.57 Å². The van der Waals surface area contributed by atoms with Crippen molar-refractivity contribution in [1.29, 1.82) is 0 Å². The van der Waals surface area contributed by atoms with Crippen LogP contribution in [0.3, 0.4) is 0 Å². The molecule has 2 atom stereocenters. The van der Waals surface area contributed by atoms with Crippen LogP contribution in [-0.4, -0.2) is 16.1 Å². The molecule has 1 N–H and O–H groups in total. The summed E-state index contributed by atoms with van der Waals surface area (Å²) in [6, 6.07) is -0.116. The first-order chi connectivity index (χ1) is 8.36. The molecule has 0 saturated heterocycles. The topological polar surface area (TPSA) is 29.9 Å². The van der Waals surface area contributed by atoms with Crippen LogP contribution in [0.4, 0.5) is 13.2 Å². The Hall–Kier alpha value is -1.04. The predicted octanol–water partition coefficient (Wildman–Crippen LogP) is 3.08. The Kier molecular flexibility index (Phi) is 3.40. The van der Waals surface area contributed by atoms with Gasteiger partial charge in [-0.25, -0.2) is 4.98 Å². The zero-order valence-electron chi connectivity index (χ0n) is 10.8. The van der Waals surface area contributed by atoms with E-state index in [1.807, 2.05) is 20.8 Å². The monoisotopic (exact) mass is 261 g/mol. The summed E-state index contributed by atoms with van der Waals surface area (Å²) in [5.41, 5.74) is -0.373. The highest BCUT2D eigenvalue weighted by molar-refractivity contribution is 5.24. The number of alkyl halides is 3. The summed E-state index contributed by atoms with van der Waals surface area (Å²) in [6.45, 7) is 6.33. The van der Waals surface area contributed by atoms with E-state index in [1.165, 1.54) is 0 Å². The Morgan fingerprint density at radius 2 is 2.06 bits per heavy atom. The number of nitrogens with zero attached hydrogens (tertiary/aromatic N) is 2. The first kappa shape index (κ1) is 13.4. The van der Waals surface area contributed by atoms with Gasteiger partial charge in [-0.2, -0.15) is 13.2 Å². The minimum atomic E-state index is -4.37. The van der Waals surface area contributed by atoms with Gasteiger partial charge in [-0.05, 0) is 20.3 Å². The van der Waals surface area contributed by atoms with Crippen LogP contribution < -0.4 is 5.32 Å². The third kappa shape index (κ3) is 2.13. The van der Waals surface area contributed by atoms with Crippen molar-refractivity contribution >= 4 is 0 Å². The minimum Gasteiger partial charge on any atom is -0.326 e. The molecule has 0 bridgehead atoms. The molecule has 1 aromatic heterocycles. The third-order valence-electron chi connectivity index (χ3n) is 3.34. The largest absolute Gasteiger partial charge is 0.435 e. The lowest BCUT2D eigenvalue weighted by Crippen LogP contribution is -2.35. The average molecular weight is 261 g/mol. The molecule has 2 rings (SSSR count). The Morgan fingerprint density at radius 3 is 2.61 bits per heavy atom. The number of rotatable bonds is 2. The molecule has 0 unspecified atom stereocenters. The molecule has 102 valence electrons. The van der Waals surface area contributed by atoms with Gasteiger partial charge >= 0.3 is 6.18 Å². The smallest absolute Gasteiger partial charge is 0.326 e. The highest BCUT2D eigenvalue weighted by Gasteiger charge is 2.40. The first-order valence-electron chi connectivity index (χ1n) is 6.27. The molecule has 0 spiro atoms. The van der Waals surface area contributed by atoms with Gasteiger partial charge in [0.1, 0.15) is 5.82 Å². The maximum absolute atomic E-state index is 13.0. The molecular weight excluding hydrogens is 243 g/mol. The summed E-state index contributed by atoms with van der Waals surface area (Å²) in [5.74, 6) is 0.504. The fourth-order valence-corrected chi connectivity index (χ4v) is 2.52. The second kappa shape index (κ2) is 4.57. The molecule has 3 nitrogen and oxygen atoms in total. The lowest BCUT2D eigenvalue weighted by molar-refractivity contribution is -0.141. The van der Waals surface area contributed by atoms with Gasteiger partial charge in [0.05, 0.1) is 11.7 Å². The lowest BCUT2D eigenvalue weighted by Gasteiger charge is -2.29. The highest BCUT2D eigenvalue weighted by atomic mass is 19.4. The SMILES string of the molecule is CCCc1c(C(F)(F)F)nc2n1[C@H](C)CN[C@H]2C. The van der Waals surface area contributed by atoms with E-state index in [4.69, 9.17) is 0 Å². The molecule has 0 saturated carbocycles. The standard InChI is InChI=1S/C12H18F3N3/c1-4-5-9-10(12(13,14)15)17-11-8(3)16-6-7(2)18(9)11/h7-8,16H,4-6H2,1-3H3/t7-,8+/m1/s1. The zero-order chi connectivity index (χ0) is 13.5. The molecule has 0 amide bonds. The molecule has 18 heavy (non-hydrogen) atoms. The fraction of sp³-hybridized carbons (Fsp3) is 0.750. The van der Waals surface area contributed by atoms with Crippen LogP contribution in [0.2, 0.25) is 0 Å². The van der Waals surface area contributed by atoms with Crippen molar-refractivity contribution in [3.05, 3.63) is 17.2 Å². The average Bonchev–Trinajstić information content (AvgIpc) is 2.65. The Balaban J connectivity index is 2.59. The van der Waals surface area contributed by atoms with Gasteiger partial charge < -0.3 is 9.88 Å². The molecule has 1 aliphatic heterocycles. The van der Waals surface area contributed by atoms with Crippen molar-refractivity contribution in [1.82, 2.24) is 14.9 Å². The quantitative estimate of drug-likeness (QED) is 0.886. The summed E-state index contributed by atoms with van der Waals surface area (Å²) >= 11 is 0. The van der Waals surface area contributed by atoms with Crippen molar-refractivity contribution in [2.24, 2.45) is 0 Å². The second-order valence-electron chi connectivity index (χ2n) is 4.86. The van der Waals surface area contributed by atoms with Crippen LogP contribution in [0.25, 0.3) is 0 Å². The Labute approximate surface area is 104 Å². The van der Waals surface area contributed by atoms with E-state index in [2.05, 4.69) is 10.3 Å². The number of imidazole rings is 1. The van der Waals surface area contributed by atoms with Crippen LogP contribution in [0, 0.1) is 0 Å². The number of halogens is 3. The summed E-state index contributed by atoms with van der Waals surface area (Å²) in [6.07, 6.45) is -3.27. The van der Waals surface area contributed by atoms with Gasteiger partial charge in [0, 0.05) is 12.6 Å². The highest BCUT2D eigenvalue weighted by Crippen LogP contribution is 2.36. The van der Waals surface area contributed by atoms with Crippen LogP contribution in [0.1, 0.15) is 56.5 Å². The number of hydrogen-bond acceptors (Lipinski definition) is 2. The van der Waals surface area contributed by atoms with Crippen molar-refractivity contribution < 1.29 is 13.2 Å². The Morgan fingerprint density at radius 1 is 1.39 bits per heavy atom. The number of fused-ring (bicyclic) bond motifs is 1. The molecule has 1 aliphatic rings. The summed E-state index contributed by atoms with van der Waals surface area (Å²) in [4.78, 5) is 3.85. The second-order valence-corrected chi connectivity index (χ2v) is 4.86. The van der Waals surface area contributed by atoms with Crippen molar-refractivity contribution in [2.45, 2.75) is 51.9 Å². The maximum atomic E-state index is 13.0. The van der Waals surface area contributed by atoms with Crippen LogP contribution in [-0.2, 0) is 12.6 Å². The molecule has 0 aliphatic carbocycles. The summed E-state index contributed by atoms with van der Waals surface area (Å²) < 4.78 is 40.8. The molecule has 0 aromatic carbocycles. The number of hydrogen-bond donors (Lipinski definition) is 1. The number of nitrogens with one attached hydrogen (secondary N) is 1. The van der Waals surface area contributed by atoms with E-state index in [0.29, 0.717) is 30.9 Å². The van der Waals surface area contributed by atoms with Crippen LogP contribution >= 0.6 is 0 Å². The van der Waals surface area contributed by atoms with E-state index in [0.717, 1.165) is 0 Å². The lowest BCUT2D eigenvalue weighted by atomic mass is 10.1. The van der Waals surface area contributed by atoms with Crippen molar-refractivity contribution in [2.75, 3.05) is 6.54 Å². The molecule has 2 heterocycles. The molecule has 0 fully saturated rings. The van der Waals surface area contributed by atoms with E-state index in [9.17, 15) is 13.2 Å². The van der Waals surface area contributed by atoms with Gasteiger partial charge in [0.25, 0.3) is 0 Å². The van der Waals surface area contributed by atoms with E-state index in [-0.39, 0.29) is 12.1 Å². The first-order valence-corrected chi connectivity index (χ1v) is 6.27. The van der Waals surface area contributed by atoms with E-state index < -0.39 is 11.9 Å². The van der Waals surface area contributed by atoms with Crippen LogP contribution in [0.15, 0.2) is 0 Å². The predicted molar refractivity (Wildman–Crippen MR) is 62.4 cm³/mol. The van der Waals surface area contributed by atoms with Crippen molar-refractivity contribution in [3.63, 3.8) is 0 Å². The molecule has 0 radical (unpaired) electrons. The molecule has 1 aromatic rings. The summed E-state index contributed by atoms with van der Waals surface area (Å²) in [5, 5.41) is 3.17. The summed E-state index contributed by atoms with van der Waals surface area (Å²) in [7, 11) is 0. The van der Waals surface area contributed by atoms with E-state index >= 15 is 0 Å². The number of aromatic nitrogens is 2. The van der Waals surface area contributed by atoms with Gasteiger partial charge in [-0.3, -0.25) is 0 Å². The van der Waals surface area contributed by atoms with Gasteiger partial charge in [-0.1, -0.05) is 13.3 Å². The minimum absolute atomic E-state index is 0.0151. The Bertz CT molecular complexity index is 437. The van der Waals surface area contributed by atoms with Crippen molar-refractivity contribution in [3.8, 4) is 0 Å².